The largest absolute Gasteiger partial charge is 0.206 e. The lowest BCUT2D eigenvalue weighted by atomic mass is 10.2. The van der Waals surface area contributed by atoms with Crippen molar-refractivity contribution >= 4 is 38.4 Å². The molecule has 5 heteroatoms. The molecule has 2 rings (SSSR count). The minimum Gasteiger partial charge on any atom is -0.206 e. The second-order valence-electron chi connectivity index (χ2n) is 2.48. The highest BCUT2D eigenvalue weighted by atomic mass is 79.9. The topological polar surface area (TPSA) is 25.8 Å². The summed E-state index contributed by atoms with van der Waals surface area (Å²) in [5.41, 5.74) is 0.570. The average Bonchev–Trinajstić information content (AvgIpc) is 2.09. The number of halogens is 3. The van der Waals surface area contributed by atoms with Crippen LogP contribution in [0.25, 0.3) is 10.9 Å². The van der Waals surface area contributed by atoms with Gasteiger partial charge in [-0.05, 0) is 28.1 Å². The highest BCUT2D eigenvalue weighted by molar-refractivity contribution is 9.10. The minimum absolute atomic E-state index is 0.358. The summed E-state index contributed by atoms with van der Waals surface area (Å²) >= 11 is 8.85. The first-order valence-corrected chi connectivity index (χ1v) is 4.61. The van der Waals surface area contributed by atoms with Crippen molar-refractivity contribution in [3.63, 3.8) is 0 Å². The van der Waals surface area contributed by atoms with Crippen LogP contribution in [0, 0.1) is 5.82 Å². The quantitative estimate of drug-likeness (QED) is 0.728. The zero-order valence-electron chi connectivity index (χ0n) is 6.26. The summed E-state index contributed by atoms with van der Waals surface area (Å²) in [5.74, 6) is -0.359. The molecule has 0 saturated carbocycles. The Hall–Kier alpha value is -0.740. The number of nitrogens with zero attached hydrogens (tertiary/aromatic N) is 2. The lowest BCUT2D eigenvalue weighted by Crippen LogP contribution is -1.86. The van der Waals surface area contributed by atoms with E-state index < -0.39 is 0 Å². The van der Waals surface area contributed by atoms with E-state index in [9.17, 15) is 4.39 Å². The summed E-state index contributed by atoms with van der Waals surface area (Å²) in [6, 6.07) is 2.87. The van der Waals surface area contributed by atoms with Crippen molar-refractivity contribution in [3.05, 3.63) is 33.6 Å². The highest BCUT2D eigenvalue weighted by Crippen LogP contribution is 2.25. The maximum atomic E-state index is 13.1. The molecule has 0 radical (unpaired) electrons. The lowest BCUT2D eigenvalue weighted by molar-refractivity contribution is 0.623. The van der Waals surface area contributed by atoms with Crippen molar-refractivity contribution < 1.29 is 4.39 Å². The molecule has 0 aliphatic heterocycles. The Morgan fingerprint density at radius 1 is 1.38 bits per heavy atom. The normalized spacial score (nSPS) is 10.7. The van der Waals surface area contributed by atoms with E-state index in [2.05, 4.69) is 26.1 Å². The molecule has 0 atom stereocenters. The van der Waals surface area contributed by atoms with Gasteiger partial charge in [0.05, 0.1) is 21.2 Å². The molecule has 0 amide bonds. The molecule has 1 aromatic heterocycles. The van der Waals surface area contributed by atoms with Crippen molar-refractivity contribution in [1.29, 1.82) is 0 Å². The van der Waals surface area contributed by atoms with Gasteiger partial charge in [-0.1, -0.05) is 11.6 Å². The van der Waals surface area contributed by atoms with Gasteiger partial charge in [0.1, 0.15) is 5.82 Å². The predicted molar refractivity (Wildman–Crippen MR) is 52.2 cm³/mol. The van der Waals surface area contributed by atoms with E-state index >= 15 is 0 Å². The van der Waals surface area contributed by atoms with Gasteiger partial charge in [0, 0.05) is 5.39 Å². The molecule has 13 heavy (non-hydrogen) atoms. The Kier molecular flexibility index (Phi) is 2.17. The van der Waals surface area contributed by atoms with Gasteiger partial charge < -0.3 is 0 Å². The van der Waals surface area contributed by atoms with Gasteiger partial charge in [-0.2, -0.15) is 10.2 Å². The van der Waals surface area contributed by atoms with Gasteiger partial charge in [-0.15, -0.1) is 0 Å². The van der Waals surface area contributed by atoms with E-state index in [1.54, 1.807) is 6.07 Å². The molecule has 0 bridgehead atoms. The average molecular weight is 261 g/mol. The fourth-order valence-corrected chi connectivity index (χ4v) is 1.55. The van der Waals surface area contributed by atoms with Crippen molar-refractivity contribution in [2.24, 2.45) is 0 Å². The lowest BCUT2D eigenvalue weighted by Gasteiger charge is -1.99. The van der Waals surface area contributed by atoms with E-state index in [1.165, 1.54) is 12.3 Å². The predicted octanol–water partition coefficient (Wildman–Crippen LogP) is 3.18. The van der Waals surface area contributed by atoms with Gasteiger partial charge in [0.15, 0.2) is 0 Å². The molecule has 0 saturated heterocycles. The molecule has 1 aromatic carbocycles. The molecule has 0 aliphatic carbocycles. The second-order valence-corrected chi connectivity index (χ2v) is 3.74. The SMILES string of the molecule is Fc1cc2c(Cl)cnnc2cc1Br. The monoisotopic (exact) mass is 260 g/mol. The van der Waals surface area contributed by atoms with E-state index in [1.807, 2.05) is 0 Å². The van der Waals surface area contributed by atoms with Gasteiger partial charge in [0.25, 0.3) is 0 Å². The summed E-state index contributed by atoms with van der Waals surface area (Å²) in [4.78, 5) is 0. The Balaban J connectivity index is 2.89. The number of hydrogen-bond donors (Lipinski definition) is 0. The van der Waals surface area contributed by atoms with Gasteiger partial charge in [-0.3, -0.25) is 0 Å². The van der Waals surface area contributed by atoms with E-state index in [0.717, 1.165) is 0 Å². The van der Waals surface area contributed by atoms with Crippen molar-refractivity contribution in [2.45, 2.75) is 0 Å². The van der Waals surface area contributed by atoms with Crippen molar-refractivity contribution in [1.82, 2.24) is 10.2 Å². The summed E-state index contributed by atoms with van der Waals surface area (Å²) in [6.45, 7) is 0. The first-order valence-electron chi connectivity index (χ1n) is 3.44. The number of benzene rings is 1. The fraction of sp³-hybridized carbons (Fsp3) is 0. The smallest absolute Gasteiger partial charge is 0.138 e. The standard InChI is InChI=1S/C8H3BrClFN2/c9-5-2-8-4(1-7(5)11)6(10)3-12-13-8/h1-3H. The molecule has 1 heterocycles. The summed E-state index contributed by atoms with van der Waals surface area (Å²) < 4.78 is 13.4. The zero-order valence-corrected chi connectivity index (χ0v) is 8.60. The first kappa shape index (κ1) is 8.84. The van der Waals surface area contributed by atoms with Crippen LogP contribution in [-0.2, 0) is 0 Å². The van der Waals surface area contributed by atoms with Crippen LogP contribution in [0.1, 0.15) is 0 Å². The number of aromatic nitrogens is 2. The van der Waals surface area contributed by atoms with Crippen LogP contribution in [-0.4, -0.2) is 10.2 Å². The number of rotatable bonds is 0. The molecule has 0 N–H and O–H groups in total. The van der Waals surface area contributed by atoms with Gasteiger partial charge in [0.2, 0.25) is 0 Å². The minimum atomic E-state index is -0.359. The molecular weight excluding hydrogens is 258 g/mol. The zero-order chi connectivity index (χ0) is 9.42. The Morgan fingerprint density at radius 3 is 2.92 bits per heavy atom. The Morgan fingerprint density at radius 2 is 2.15 bits per heavy atom. The van der Waals surface area contributed by atoms with Crippen molar-refractivity contribution in [2.75, 3.05) is 0 Å². The summed E-state index contributed by atoms with van der Waals surface area (Å²) in [5, 5.41) is 8.44. The summed E-state index contributed by atoms with van der Waals surface area (Å²) in [7, 11) is 0. The third-order valence-corrected chi connectivity index (χ3v) is 2.54. The summed E-state index contributed by atoms with van der Waals surface area (Å²) in [6.07, 6.45) is 1.39. The van der Waals surface area contributed by atoms with Gasteiger partial charge in [-0.25, -0.2) is 4.39 Å². The van der Waals surface area contributed by atoms with Crippen LogP contribution in [0.5, 0.6) is 0 Å². The third-order valence-electron chi connectivity index (χ3n) is 1.63. The molecule has 0 unspecified atom stereocenters. The Bertz CT molecular complexity index is 475. The van der Waals surface area contributed by atoms with E-state index in [-0.39, 0.29) is 5.82 Å². The molecule has 2 nitrogen and oxygen atoms in total. The third kappa shape index (κ3) is 1.51. The first-order chi connectivity index (χ1) is 6.18. The van der Waals surface area contributed by atoms with Crippen molar-refractivity contribution in [3.8, 4) is 0 Å². The fourth-order valence-electron chi connectivity index (χ4n) is 1.02. The van der Waals surface area contributed by atoms with Crippen LogP contribution < -0.4 is 0 Å². The number of hydrogen-bond acceptors (Lipinski definition) is 2. The van der Waals surface area contributed by atoms with E-state index in [0.29, 0.717) is 20.4 Å². The van der Waals surface area contributed by atoms with Crippen LogP contribution in [0.15, 0.2) is 22.8 Å². The Labute approximate surface area is 86.9 Å². The molecule has 0 aliphatic rings. The molecule has 0 fully saturated rings. The second kappa shape index (κ2) is 3.20. The van der Waals surface area contributed by atoms with Crippen LogP contribution in [0.4, 0.5) is 4.39 Å². The van der Waals surface area contributed by atoms with Crippen LogP contribution >= 0.6 is 27.5 Å². The molecular formula is C8H3BrClFN2. The molecule has 2 aromatic rings. The van der Waals surface area contributed by atoms with Gasteiger partial charge >= 0.3 is 0 Å². The highest BCUT2D eigenvalue weighted by Gasteiger charge is 2.05. The maximum absolute atomic E-state index is 13.1. The molecule has 66 valence electrons. The number of fused-ring (bicyclic) bond motifs is 1. The van der Waals surface area contributed by atoms with Crippen LogP contribution in [0.3, 0.4) is 0 Å². The maximum Gasteiger partial charge on any atom is 0.138 e. The molecule has 0 spiro atoms. The van der Waals surface area contributed by atoms with E-state index in [4.69, 9.17) is 11.6 Å². The van der Waals surface area contributed by atoms with Crippen LogP contribution in [0.2, 0.25) is 5.02 Å².